The first-order valence-corrected chi connectivity index (χ1v) is 9.87. The number of para-hydroxylation sites is 2. The second kappa shape index (κ2) is 9.35. The van der Waals surface area contributed by atoms with Gasteiger partial charge >= 0.3 is 5.69 Å². The lowest BCUT2D eigenvalue weighted by molar-refractivity contribution is -0.384. The molecule has 31 heavy (non-hydrogen) atoms. The van der Waals surface area contributed by atoms with Gasteiger partial charge < -0.3 is 15.5 Å². The maximum absolute atomic E-state index is 13.8. The van der Waals surface area contributed by atoms with Gasteiger partial charge in [0.2, 0.25) is 5.82 Å². The molecule has 9 nitrogen and oxygen atoms in total. The zero-order valence-electron chi connectivity index (χ0n) is 16.7. The molecule has 1 unspecified atom stereocenters. The summed E-state index contributed by atoms with van der Waals surface area (Å²) in [5, 5.41) is 20.6. The quantitative estimate of drug-likeness (QED) is 0.301. The van der Waals surface area contributed by atoms with Crippen LogP contribution in [0.1, 0.15) is 5.56 Å². The van der Waals surface area contributed by atoms with Gasteiger partial charge in [-0.1, -0.05) is 12.1 Å². The fraction of sp³-hybridized carbons (Fsp3) is 0.238. The third-order valence-electron chi connectivity index (χ3n) is 4.92. The van der Waals surface area contributed by atoms with Crippen LogP contribution in [0.5, 0.6) is 0 Å². The largest absolute Gasteiger partial charge is 0.366 e. The van der Waals surface area contributed by atoms with E-state index in [2.05, 4.69) is 25.9 Å². The molecule has 1 atom stereocenters. The van der Waals surface area contributed by atoms with Crippen molar-refractivity contribution in [2.45, 2.75) is 12.8 Å². The number of hydrogen-bond donors (Lipinski definition) is 3. The number of halogens is 1. The number of nitrogens with one attached hydrogen (secondary N) is 3. The smallest absolute Gasteiger partial charge is 0.311 e. The standard InChI is InChI=1S/C21H22FN7O2/c22-19-14-28(12-11-24-19)17-4-2-1-3-16(17)26-21-18(29(30)31)5-6-20(27-21)25-13-15-7-9-23-10-8-15/h1-10,19,24H,11-14H2,(H2,25,26,27). The highest BCUT2D eigenvalue weighted by molar-refractivity contribution is 5.77. The van der Waals surface area contributed by atoms with E-state index in [9.17, 15) is 14.5 Å². The highest BCUT2D eigenvalue weighted by Gasteiger charge is 2.22. The Hall–Kier alpha value is -3.79. The van der Waals surface area contributed by atoms with Gasteiger partial charge in [0.1, 0.15) is 5.82 Å². The number of pyridine rings is 2. The third kappa shape index (κ3) is 5.04. The average Bonchev–Trinajstić information content (AvgIpc) is 2.79. The molecule has 0 spiro atoms. The SMILES string of the molecule is O=[N+]([O-])c1ccc(NCc2ccncc2)nc1Nc1ccccc1N1CCNC(F)C1. The number of aromatic nitrogens is 2. The molecular formula is C21H22FN7O2. The van der Waals surface area contributed by atoms with Crippen LogP contribution in [0.15, 0.2) is 60.9 Å². The Bertz CT molecular complexity index is 1050. The fourth-order valence-corrected chi connectivity index (χ4v) is 3.39. The average molecular weight is 423 g/mol. The van der Waals surface area contributed by atoms with Crippen molar-refractivity contribution in [3.8, 4) is 0 Å². The summed E-state index contributed by atoms with van der Waals surface area (Å²) in [6.45, 7) is 1.84. The summed E-state index contributed by atoms with van der Waals surface area (Å²) in [4.78, 5) is 21.4. The van der Waals surface area contributed by atoms with Gasteiger partial charge in [0.15, 0.2) is 6.30 Å². The summed E-state index contributed by atoms with van der Waals surface area (Å²) in [5.41, 5.74) is 2.25. The lowest BCUT2D eigenvalue weighted by atomic mass is 10.2. The molecule has 3 aromatic rings. The minimum Gasteiger partial charge on any atom is -0.366 e. The Morgan fingerprint density at radius 1 is 1.19 bits per heavy atom. The lowest BCUT2D eigenvalue weighted by Crippen LogP contribution is -2.48. The Morgan fingerprint density at radius 3 is 2.77 bits per heavy atom. The van der Waals surface area contributed by atoms with Crippen molar-refractivity contribution in [2.75, 3.05) is 35.2 Å². The van der Waals surface area contributed by atoms with E-state index in [1.807, 2.05) is 35.2 Å². The van der Waals surface area contributed by atoms with Crippen molar-refractivity contribution in [3.63, 3.8) is 0 Å². The molecular weight excluding hydrogens is 401 g/mol. The van der Waals surface area contributed by atoms with Gasteiger partial charge in [-0.25, -0.2) is 9.37 Å². The highest BCUT2D eigenvalue weighted by Crippen LogP contribution is 2.33. The minimum absolute atomic E-state index is 0.115. The topological polar surface area (TPSA) is 108 Å². The van der Waals surface area contributed by atoms with Crippen LogP contribution >= 0.6 is 0 Å². The van der Waals surface area contributed by atoms with E-state index in [4.69, 9.17) is 0 Å². The van der Waals surface area contributed by atoms with Gasteiger partial charge in [-0.15, -0.1) is 0 Å². The van der Waals surface area contributed by atoms with Gasteiger partial charge in [0, 0.05) is 38.1 Å². The summed E-state index contributed by atoms with van der Waals surface area (Å²) in [6, 6.07) is 14.1. The predicted octanol–water partition coefficient (Wildman–Crippen LogP) is 3.45. The monoisotopic (exact) mass is 423 g/mol. The van der Waals surface area contributed by atoms with E-state index < -0.39 is 11.2 Å². The molecule has 3 heterocycles. The third-order valence-corrected chi connectivity index (χ3v) is 4.92. The number of anilines is 4. The molecule has 1 aromatic carbocycles. The van der Waals surface area contributed by atoms with E-state index >= 15 is 0 Å². The Labute approximate surface area is 178 Å². The minimum atomic E-state index is -1.13. The van der Waals surface area contributed by atoms with Crippen LogP contribution in [0.25, 0.3) is 0 Å². The number of piperazine rings is 1. The van der Waals surface area contributed by atoms with E-state index in [0.29, 0.717) is 31.1 Å². The first-order chi connectivity index (χ1) is 15.1. The molecule has 160 valence electrons. The van der Waals surface area contributed by atoms with Crippen LogP contribution < -0.4 is 20.9 Å². The van der Waals surface area contributed by atoms with Crippen molar-refractivity contribution in [1.82, 2.24) is 15.3 Å². The molecule has 1 fully saturated rings. The molecule has 4 rings (SSSR count). The Kier molecular flexibility index (Phi) is 6.18. The molecule has 10 heteroatoms. The Morgan fingerprint density at radius 2 is 2.00 bits per heavy atom. The molecule has 2 aromatic heterocycles. The van der Waals surface area contributed by atoms with Crippen LogP contribution in [-0.2, 0) is 6.54 Å². The molecule has 3 N–H and O–H groups in total. The number of nitro groups is 1. The van der Waals surface area contributed by atoms with Crippen LogP contribution in [0, 0.1) is 10.1 Å². The second-order valence-corrected chi connectivity index (χ2v) is 7.04. The van der Waals surface area contributed by atoms with Crippen molar-refractivity contribution in [2.24, 2.45) is 0 Å². The fourth-order valence-electron chi connectivity index (χ4n) is 3.39. The van der Waals surface area contributed by atoms with E-state index in [1.165, 1.54) is 6.07 Å². The zero-order valence-corrected chi connectivity index (χ0v) is 16.7. The summed E-state index contributed by atoms with van der Waals surface area (Å²) >= 11 is 0. The van der Waals surface area contributed by atoms with Crippen LogP contribution in [0.2, 0.25) is 0 Å². The molecule has 0 bridgehead atoms. The van der Waals surface area contributed by atoms with Gasteiger partial charge in [-0.05, 0) is 35.9 Å². The number of hydrogen-bond acceptors (Lipinski definition) is 8. The van der Waals surface area contributed by atoms with Crippen molar-refractivity contribution in [1.29, 1.82) is 0 Å². The molecule has 1 aliphatic heterocycles. The van der Waals surface area contributed by atoms with E-state index in [-0.39, 0.29) is 18.1 Å². The highest BCUT2D eigenvalue weighted by atomic mass is 19.1. The number of alkyl halides is 1. The molecule has 1 aliphatic rings. The van der Waals surface area contributed by atoms with Gasteiger partial charge in [-0.2, -0.15) is 0 Å². The lowest BCUT2D eigenvalue weighted by Gasteiger charge is -2.33. The van der Waals surface area contributed by atoms with Crippen molar-refractivity contribution >= 4 is 28.7 Å². The normalized spacial score (nSPS) is 16.0. The number of rotatable bonds is 7. The van der Waals surface area contributed by atoms with Crippen LogP contribution in [0.3, 0.4) is 0 Å². The zero-order chi connectivity index (χ0) is 21.6. The maximum Gasteiger partial charge on any atom is 0.311 e. The summed E-state index contributed by atoms with van der Waals surface area (Å²) in [7, 11) is 0. The Balaban J connectivity index is 1.59. The summed E-state index contributed by atoms with van der Waals surface area (Å²) in [6.07, 6.45) is 2.26. The molecule has 0 saturated carbocycles. The molecule has 0 radical (unpaired) electrons. The van der Waals surface area contributed by atoms with Crippen molar-refractivity contribution in [3.05, 3.63) is 76.6 Å². The van der Waals surface area contributed by atoms with E-state index in [1.54, 1.807) is 24.5 Å². The van der Waals surface area contributed by atoms with Crippen LogP contribution in [-0.4, -0.2) is 40.8 Å². The van der Waals surface area contributed by atoms with E-state index in [0.717, 1.165) is 11.3 Å². The predicted molar refractivity (Wildman–Crippen MR) is 117 cm³/mol. The summed E-state index contributed by atoms with van der Waals surface area (Å²) < 4.78 is 13.8. The molecule has 1 saturated heterocycles. The van der Waals surface area contributed by atoms with Crippen molar-refractivity contribution < 1.29 is 9.31 Å². The first kappa shape index (κ1) is 20.5. The van der Waals surface area contributed by atoms with Crippen LogP contribution in [0.4, 0.5) is 33.1 Å². The van der Waals surface area contributed by atoms with Gasteiger partial charge in [0.05, 0.1) is 22.8 Å². The maximum atomic E-state index is 13.8. The first-order valence-electron chi connectivity index (χ1n) is 9.87. The second-order valence-electron chi connectivity index (χ2n) is 7.04. The number of nitrogens with zero attached hydrogens (tertiary/aromatic N) is 4. The molecule has 0 aliphatic carbocycles. The number of benzene rings is 1. The van der Waals surface area contributed by atoms with Gasteiger partial charge in [-0.3, -0.25) is 20.4 Å². The molecule has 0 amide bonds. The summed E-state index contributed by atoms with van der Waals surface area (Å²) in [5.74, 6) is 0.609. The van der Waals surface area contributed by atoms with Gasteiger partial charge in [0.25, 0.3) is 0 Å².